The summed E-state index contributed by atoms with van der Waals surface area (Å²) in [5, 5.41) is 10.8. The van der Waals surface area contributed by atoms with E-state index < -0.39 is 0 Å². The molecule has 1 heterocycles. The van der Waals surface area contributed by atoms with Crippen molar-refractivity contribution in [2.45, 2.75) is 18.8 Å². The third-order valence-electron chi connectivity index (χ3n) is 3.34. The van der Waals surface area contributed by atoms with Gasteiger partial charge in [-0.1, -0.05) is 0 Å². The third-order valence-corrected chi connectivity index (χ3v) is 3.34. The van der Waals surface area contributed by atoms with E-state index in [2.05, 4.69) is 20.7 Å². The summed E-state index contributed by atoms with van der Waals surface area (Å²) in [4.78, 5) is 11.9. The number of hydrogen-bond acceptors (Lipinski definition) is 4. The normalized spacial score (nSPS) is 14.3. The lowest BCUT2D eigenvalue weighted by Crippen LogP contribution is -2.18. The molecule has 1 saturated carbocycles. The summed E-state index contributed by atoms with van der Waals surface area (Å²) < 4.78 is 5.07. The van der Waals surface area contributed by atoms with Crippen LogP contribution < -0.4 is 10.2 Å². The number of ether oxygens (including phenoxy) is 1. The maximum Gasteiger partial charge on any atom is 0.291 e. The highest BCUT2D eigenvalue weighted by Gasteiger charge is 2.26. The molecular formula is C15H16N4O2. The lowest BCUT2D eigenvalue weighted by Gasteiger charge is -1.99. The quantitative estimate of drug-likeness (QED) is 0.651. The highest BCUT2D eigenvalue weighted by molar-refractivity contribution is 5.93. The molecule has 1 aliphatic carbocycles. The molecule has 1 amide bonds. The van der Waals surface area contributed by atoms with Crippen molar-refractivity contribution >= 4 is 12.1 Å². The summed E-state index contributed by atoms with van der Waals surface area (Å²) in [5.74, 6) is 1.00. The van der Waals surface area contributed by atoms with Gasteiger partial charge in [0, 0.05) is 11.6 Å². The van der Waals surface area contributed by atoms with Gasteiger partial charge in [0.25, 0.3) is 5.91 Å². The Morgan fingerprint density at radius 2 is 2.19 bits per heavy atom. The molecule has 1 aromatic carbocycles. The summed E-state index contributed by atoms with van der Waals surface area (Å²) in [5.41, 5.74) is 4.73. The molecule has 0 bridgehead atoms. The van der Waals surface area contributed by atoms with Crippen LogP contribution in [-0.4, -0.2) is 29.4 Å². The summed E-state index contributed by atoms with van der Waals surface area (Å²) in [6, 6.07) is 9.16. The van der Waals surface area contributed by atoms with Crippen molar-refractivity contribution in [3.05, 3.63) is 47.3 Å². The summed E-state index contributed by atoms with van der Waals surface area (Å²) in [6.45, 7) is 0. The summed E-state index contributed by atoms with van der Waals surface area (Å²) in [6.07, 6.45) is 3.91. The van der Waals surface area contributed by atoms with Crippen LogP contribution in [-0.2, 0) is 0 Å². The Morgan fingerprint density at radius 3 is 2.86 bits per heavy atom. The molecule has 1 aromatic heterocycles. The van der Waals surface area contributed by atoms with Gasteiger partial charge in [-0.3, -0.25) is 9.89 Å². The van der Waals surface area contributed by atoms with Crippen LogP contribution in [0.5, 0.6) is 5.75 Å². The molecule has 2 N–H and O–H groups in total. The zero-order valence-electron chi connectivity index (χ0n) is 11.7. The molecule has 6 heteroatoms. The molecule has 0 saturated heterocycles. The zero-order valence-corrected chi connectivity index (χ0v) is 11.7. The first-order chi connectivity index (χ1) is 10.3. The van der Waals surface area contributed by atoms with Crippen molar-refractivity contribution in [3.8, 4) is 5.75 Å². The van der Waals surface area contributed by atoms with Crippen molar-refractivity contribution < 1.29 is 9.53 Å². The van der Waals surface area contributed by atoms with E-state index in [0.717, 1.165) is 17.0 Å². The van der Waals surface area contributed by atoms with Crippen LogP contribution in [0.15, 0.2) is 35.4 Å². The number of H-pyrrole nitrogens is 1. The largest absolute Gasteiger partial charge is 0.497 e. The Morgan fingerprint density at radius 1 is 1.43 bits per heavy atom. The van der Waals surface area contributed by atoms with Gasteiger partial charge in [0.1, 0.15) is 5.75 Å². The predicted molar refractivity (Wildman–Crippen MR) is 78.6 cm³/mol. The Balaban J connectivity index is 1.57. The molecular weight excluding hydrogens is 268 g/mol. The van der Waals surface area contributed by atoms with Gasteiger partial charge in [-0.25, -0.2) is 5.43 Å². The molecule has 0 atom stereocenters. The average molecular weight is 284 g/mol. The van der Waals surface area contributed by atoms with Crippen LogP contribution >= 0.6 is 0 Å². The van der Waals surface area contributed by atoms with Crippen LogP contribution in [0, 0.1) is 0 Å². The molecule has 21 heavy (non-hydrogen) atoms. The van der Waals surface area contributed by atoms with Gasteiger partial charge in [0.15, 0.2) is 5.69 Å². The molecule has 0 radical (unpaired) electrons. The van der Waals surface area contributed by atoms with Crippen LogP contribution in [0.4, 0.5) is 0 Å². The third kappa shape index (κ3) is 3.28. The standard InChI is InChI=1S/C15H16N4O2/c1-21-12-6-2-10(3-7-12)9-16-19-15(20)14-8-13(17-18-14)11-4-5-11/h2-3,6-9,11H,4-5H2,1H3,(H,17,18)(H,19,20)/b16-9+. The van der Waals surface area contributed by atoms with Crippen molar-refractivity contribution in [1.82, 2.24) is 15.6 Å². The molecule has 0 unspecified atom stereocenters. The number of rotatable bonds is 5. The topological polar surface area (TPSA) is 79.4 Å². The Labute approximate surface area is 122 Å². The van der Waals surface area contributed by atoms with Crippen LogP contribution in [0.1, 0.15) is 40.5 Å². The number of hydrazone groups is 1. The number of amides is 1. The first-order valence-electron chi connectivity index (χ1n) is 6.79. The maximum atomic E-state index is 11.9. The van der Waals surface area contributed by atoms with Crippen molar-refractivity contribution in [1.29, 1.82) is 0 Å². The molecule has 3 rings (SSSR count). The number of carbonyl (C=O) groups is 1. The fourth-order valence-electron chi connectivity index (χ4n) is 1.97. The van der Waals surface area contributed by atoms with E-state index in [1.54, 1.807) is 19.4 Å². The lowest BCUT2D eigenvalue weighted by atomic mass is 10.2. The van der Waals surface area contributed by atoms with Crippen molar-refractivity contribution in [2.75, 3.05) is 7.11 Å². The number of benzene rings is 1. The zero-order chi connectivity index (χ0) is 14.7. The van der Waals surface area contributed by atoms with Crippen LogP contribution in [0.3, 0.4) is 0 Å². The summed E-state index contributed by atoms with van der Waals surface area (Å²) in [7, 11) is 1.61. The van der Waals surface area contributed by atoms with E-state index in [4.69, 9.17) is 4.74 Å². The molecule has 0 aliphatic heterocycles. The van der Waals surface area contributed by atoms with E-state index in [1.165, 1.54) is 12.8 Å². The molecule has 0 spiro atoms. The van der Waals surface area contributed by atoms with E-state index in [1.807, 2.05) is 24.3 Å². The maximum absolute atomic E-state index is 11.9. The van der Waals surface area contributed by atoms with Gasteiger partial charge in [-0.15, -0.1) is 0 Å². The fraction of sp³-hybridized carbons (Fsp3) is 0.267. The van der Waals surface area contributed by atoms with Crippen molar-refractivity contribution in [2.24, 2.45) is 5.10 Å². The highest BCUT2D eigenvalue weighted by Crippen LogP contribution is 2.38. The number of nitrogens with zero attached hydrogens (tertiary/aromatic N) is 2. The van der Waals surface area contributed by atoms with E-state index in [-0.39, 0.29) is 5.91 Å². The Bertz CT molecular complexity index is 657. The lowest BCUT2D eigenvalue weighted by molar-refractivity contribution is 0.0950. The second-order valence-electron chi connectivity index (χ2n) is 4.96. The van der Waals surface area contributed by atoms with Gasteiger partial charge in [0.2, 0.25) is 0 Å². The van der Waals surface area contributed by atoms with E-state index in [0.29, 0.717) is 11.6 Å². The van der Waals surface area contributed by atoms with Gasteiger partial charge < -0.3 is 4.74 Å². The number of hydrogen-bond donors (Lipinski definition) is 2. The van der Waals surface area contributed by atoms with E-state index >= 15 is 0 Å². The van der Waals surface area contributed by atoms with Crippen molar-refractivity contribution in [3.63, 3.8) is 0 Å². The minimum absolute atomic E-state index is 0.317. The number of nitrogens with one attached hydrogen (secondary N) is 2. The number of methoxy groups -OCH3 is 1. The highest BCUT2D eigenvalue weighted by atomic mass is 16.5. The van der Waals surface area contributed by atoms with Gasteiger partial charge in [-0.05, 0) is 48.7 Å². The smallest absolute Gasteiger partial charge is 0.291 e. The fourth-order valence-corrected chi connectivity index (χ4v) is 1.97. The second-order valence-corrected chi connectivity index (χ2v) is 4.96. The predicted octanol–water partition coefficient (Wildman–Crippen LogP) is 2.06. The number of aromatic nitrogens is 2. The minimum atomic E-state index is -0.317. The summed E-state index contributed by atoms with van der Waals surface area (Å²) >= 11 is 0. The monoisotopic (exact) mass is 284 g/mol. The first kappa shape index (κ1) is 13.4. The molecule has 1 aliphatic rings. The minimum Gasteiger partial charge on any atom is -0.497 e. The Kier molecular flexibility index (Phi) is 3.68. The molecule has 1 fully saturated rings. The SMILES string of the molecule is COc1ccc(/C=N/NC(=O)c2cc(C3CC3)[nH]n2)cc1. The molecule has 6 nitrogen and oxygen atoms in total. The van der Waals surface area contributed by atoms with Gasteiger partial charge >= 0.3 is 0 Å². The molecule has 108 valence electrons. The van der Waals surface area contributed by atoms with E-state index in [9.17, 15) is 4.79 Å². The van der Waals surface area contributed by atoms with Crippen LogP contribution in [0.2, 0.25) is 0 Å². The molecule has 2 aromatic rings. The van der Waals surface area contributed by atoms with Crippen LogP contribution in [0.25, 0.3) is 0 Å². The first-order valence-corrected chi connectivity index (χ1v) is 6.79. The van der Waals surface area contributed by atoms with Gasteiger partial charge in [0.05, 0.1) is 13.3 Å². The van der Waals surface area contributed by atoms with Gasteiger partial charge in [-0.2, -0.15) is 10.2 Å². The second kappa shape index (κ2) is 5.78. The average Bonchev–Trinajstić information content (AvgIpc) is 3.25. The Hall–Kier alpha value is -2.63. The number of aromatic amines is 1. The number of carbonyl (C=O) groups excluding carboxylic acids is 1.